The zero-order chi connectivity index (χ0) is 14.7. The van der Waals surface area contributed by atoms with Crippen molar-refractivity contribution in [2.75, 3.05) is 6.61 Å². The Kier molecular flexibility index (Phi) is 5.39. The van der Waals surface area contributed by atoms with Crippen molar-refractivity contribution in [3.63, 3.8) is 0 Å². The van der Waals surface area contributed by atoms with Crippen LogP contribution in [0, 0.1) is 17.8 Å². The first-order chi connectivity index (χ1) is 10.3. The van der Waals surface area contributed by atoms with E-state index in [9.17, 15) is 0 Å². The van der Waals surface area contributed by atoms with E-state index in [1.807, 2.05) is 0 Å². The molecule has 3 rings (SSSR count). The third kappa shape index (κ3) is 4.10. The first-order valence-electron chi connectivity index (χ1n) is 9.22. The summed E-state index contributed by atoms with van der Waals surface area (Å²) in [5.41, 5.74) is 1.62. The maximum atomic E-state index is 6.14. The van der Waals surface area contributed by atoms with Gasteiger partial charge in [-0.2, -0.15) is 0 Å². The SMILES string of the molecule is CCCCCC(C)=CC1C2CC(OC3CCCCO3)CC12. The summed E-state index contributed by atoms with van der Waals surface area (Å²) in [6, 6.07) is 0. The molecule has 3 atom stereocenters. The first-order valence-corrected chi connectivity index (χ1v) is 9.22. The van der Waals surface area contributed by atoms with Gasteiger partial charge in [-0.15, -0.1) is 0 Å². The van der Waals surface area contributed by atoms with Gasteiger partial charge in [0.1, 0.15) is 0 Å². The largest absolute Gasteiger partial charge is 0.353 e. The summed E-state index contributed by atoms with van der Waals surface area (Å²) < 4.78 is 11.8. The van der Waals surface area contributed by atoms with Gasteiger partial charge in [0.25, 0.3) is 0 Å². The zero-order valence-corrected chi connectivity index (χ0v) is 13.9. The number of allylic oxidation sites excluding steroid dienone is 2. The van der Waals surface area contributed by atoms with Gasteiger partial charge in [0.05, 0.1) is 6.10 Å². The second-order valence-electron chi connectivity index (χ2n) is 7.40. The molecule has 120 valence electrons. The standard InChI is InChI=1S/C19H32O2/c1-3-4-5-8-14(2)11-16-17-12-15(13-18(16)17)21-19-9-6-7-10-20-19/h11,15-19H,3-10,12-13H2,1-2H3. The summed E-state index contributed by atoms with van der Waals surface area (Å²) in [6.07, 6.45) is 14.7. The zero-order valence-electron chi connectivity index (χ0n) is 13.9. The number of rotatable bonds is 7. The van der Waals surface area contributed by atoms with E-state index in [1.165, 1.54) is 51.4 Å². The Morgan fingerprint density at radius 2 is 2.00 bits per heavy atom. The van der Waals surface area contributed by atoms with Crippen molar-refractivity contribution in [3.8, 4) is 0 Å². The van der Waals surface area contributed by atoms with Crippen LogP contribution >= 0.6 is 0 Å². The first kappa shape index (κ1) is 15.6. The molecule has 2 nitrogen and oxygen atoms in total. The highest BCUT2D eigenvalue weighted by Crippen LogP contribution is 2.59. The van der Waals surface area contributed by atoms with E-state index >= 15 is 0 Å². The van der Waals surface area contributed by atoms with E-state index in [-0.39, 0.29) is 6.29 Å². The molecule has 3 aliphatic rings. The molecular weight excluding hydrogens is 260 g/mol. The molecule has 1 saturated heterocycles. The molecule has 21 heavy (non-hydrogen) atoms. The van der Waals surface area contributed by atoms with Crippen LogP contribution in [0.5, 0.6) is 0 Å². The molecule has 0 N–H and O–H groups in total. The normalized spacial score (nSPS) is 39.3. The molecule has 0 bridgehead atoms. The maximum absolute atomic E-state index is 6.14. The highest BCUT2D eigenvalue weighted by atomic mass is 16.7. The molecule has 1 heterocycles. The van der Waals surface area contributed by atoms with Gasteiger partial charge in [-0.05, 0) is 69.6 Å². The molecule has 0 aromatic rings. The Balaban J connectivity index is 1.36. The van der Waals surface area contributed by atoms with Crippen molar-refractivity contribution < 1.29 is 9.47 Å². The maximum Gasteiger partial charge on any atom is 0.157 e. The van der Waals surface area contributed by atoms with Gasteiger partial charge in [0.2, 0.25) is 0 Å². The summed E-state index contributed by atoms with van der Waals surface area (Å²) >= 11 is 0. The Morgan fingerprint density at radius 1 is 1.19 bits per heavy atom. The van der Waals surface area contributed by atoms with Crippen LogP contribution in [-0.2, 0) is 9.47 Å². The van der Waals surface area contributed by atoms with Crippen LogP contribution in [0.4, 0.5) is 0 Å². The van der Waals surface area contributed by atoms with Crippen LogP contribution in [0.3, 0.4) is 0 Å². The van der Waals surface area contributed by atoms with Crippen molar-refractivity contribution in [2.24, 2.45) is 17.8 Å². The van der Waals surface area contributed by atoms with E-state index in [0.29, 0.717) is 6.10 Å². The van der Waals surface area contributed by atoms with Gasteiger partial charge >= 0.3 is 0 Å². The Labute approximate surface area is 130 Å². The molecule has 2 saturated carbocycles. The van der Waals surface area contributed by atoms with Gasteiger partial charge in [-0.25, -0.2) is 0 Å². The second-order valence-corrected chi connectivity index (χ2v) is 7.40. The Morgan fingerprint density at radius 3 is 2.67 bits per heavy atom. The average molecular weight is 292 g/mol. The molecule has 0 amide bonds. The monoisotopic (exact) mass is 292 g/mol. The summed E-state index contributed by atoms with van der Waals surface area (Å²) in [7, 11) is 0. The molecule has 2 heteroatoms. The summed E-state index contributed by atoms with van der Waals surface area (Å²) in [5.74, 6) is 2.71. The topological polar surface area (TPSA) is 18.5 Å². The van der Waals surface area contributed by atoms with Crippen LogP contribution in [0.15, 0.2) is 11.6 Å². The molecule has 3 fully saturated rings. The molecule has 3 unspecified atom stereocenters. The van der Waals surface area contributed by atoms with Crippen LogP contribution in [0.1, 0.15) is 71.6 Å². The lowest BCUT2D eigenvalue weighted by Crippen LogP contribution is -2.27. The molecule has 0 spiro atoms. The number of hydrogen-bond acceptors (Lipinski definition) is 2. The van der Waals surface area contributed by atoms with Gasteiger partial charge in [-0.1, -0.05) is 31.4 Å². The molecule has 0 radical (unpaired) electrons. The minimum Gasteiger partial charge on any atom is -0.353 e. The van der Waals surface area contributed by atoms with Crippen molar-refractivity contribution in [1.29, 1.82) is 0 Å². The predicted octanol–water partition coefficient (Wildman–Crippen LogP) is 5.08. The van der Waals surface area contributed by atoms with Crippen LogP contribution in [0.2, 0.25) is 0 Å². The fraction of sp³-hybridized carbons (Fsp3) is 0.895. The minimum atomic E-state index is 0.103. The molecule has 0 aromatic carbocycles. The minimum absolute atomic E-state index is 0.103. The van der Waals surface area contributed by atoms with Gasteiger partial charge in [-0.3, -0.25) is 0 Å². The predicted molar refractivity (Wildman–Crippen MR) is 86.1 cm³/mol. The second kappa shape index (κ2) is 7.28. The molecule has 2 aliphatic carbocycles. The van der Waals surface area contributed by atoms with Crippen molar-refractivity contribution in [1.82, 2.24) is 0 Å². The average Bonchev–Trinajstić information content (AvgIpc) is 2.94. The lowest BCUT2D eigenvalue weighted by molar-refractivity contribution is -0.188. The van der Waals surface area contributed by atoms with Gasteiger partial charge in [0, 0.05) is 6.61 Å². The number of fused-ring (bicyclic) bond motifs is 1. The van der Waals surface area contributed by atoms with Crippen molar-refractivity contribution in [2.45, 2.75) is 84.0 Å². The molecule has 1 aliphatic heterocycles. The quantitative estimate of drug-likeness (QED) is 0.481. The third-order valence-corrected chi connectivity index (χ3v) is 5.60. The summed E-state index contributed by atoms with van der Waals surface area (Å²) in [5, 5.41) is 0. The fourth-order valence-electron chi connectivity index (χ4n) is 4.30. The third-order valence-electron chi connectivity index (χ3n) is 5.60. The van der Waals surface area contributed by atoms with Crippen LogP contribution in [0.25, 0.3) is 0 Å². The number of hydrogen-bond donors (Lipinski definition) is 0. The number of ether oxygens (including phenoxy) is 2. The van der Waals surface area contributed by atoms with Crippen molar-refractivity contribution >= 4 is 0 Å². The van der Waals surface area contributed by atoms with Crippen LogP contribution in [-0.4, -0.2) is 19.0 Å². The van der Waals surface area contributed by atoms with E-state index in [0.717, 1.165) is 30.8 Å². The van der Waals surface area contributed by atoms with Crippen molar-refractivity contribution in [3.05, 3.63) is 11.6 Å². The highest BCUT2D eigenvalue weighted by Gasteiger charge is 2.55. The Hall–Kier alpha value is -0.340. The van der Waals surface area contributed by atoms with Gasteiger partial charge in [0.15, 0.2) is 6.29 Å². The van der Waals surface area contributed by atoms with E-state index in [2.05, 4.69) is 19.9 Å². The van der Waals surface area contributed by atoms with Crippen LogP contribution < -0.4 is 0 Å². The lowest BCUT2D eigenvalue weighted by atomic mass is 10.0. The molecular formula is C19H32O2. The molecule has 0 aromatic heterocycles. The number of unbranched alkanes of at least 4 members (excludes halogenated alkanes) is 2. The Bertz CT molecular complexity index is 345. The lowest BCUT2D eigenvalue weighted by Gasteiger charge is -2.26. The smallest absolute Gasteiger partial charge is 0.157 e. The van der Waals surface area contributed by atoms with E-state index in [1.54, 1.807) is 5.57 Å². The fourth-order valence-corrected chi connectivity index (χ4v) is 4.30. The highest BCUT2D eigenvalue weighted by molar-refractivity contribution is 5.16. The summed E-state index contributed by atoms with van der Waals surface area (Å²) in [4.78, 5) is 0. The van der Waals surface area contributed by atoms with E-state index < -0.39 is 0 Å². The summed E-state index contributed by atoms with van der Waals surface area (Å²) in [6.45, 7) is 5.50. The van der Waals surface area contributed by atoms with E-state index in [4.69, 9.17) is 9.47 Å². The van der Waals surface area contributed by atoms with Gasteiger partial charge < -0.3 is 9.47 Å².